The predicted molar refractivity (Wildman–Crippen MR) is 76.4 cm³/mol. The molecule has 0 spiro atoms. The molecule has 0 saturated heterocycles. The normalized spacial score (nSPS) is 10.5. The van der Waals surface area contributed by atoms with Crippen LogP contribution in [0.3, 0.4) is 0 Å². The smallest absolute Gasteiger partial charge is 0.354 e. The number of aryl methyl sites for hydroxylation is 1. The highest BCUT2D eigenvalue weighted by Gasteiger charge is 2.18. The van der Waals surface area contributed by atoms with E-state index in [0.717, 1.165) is 0 Å². The van der Waals surface area contributed by atoms with Crippen molar-refractivity contribution in [2.75, 3.05) is 11.6 Å². The molecule has 2 rings (SSSR count). The standard InChI is InChI=1S/C13H14N2O4S/c1-7-5-9(11(14-7)13(17)18)15-12(16)10-4-3-8(19-10)6-20-2/h3-5,14H,6H2,1-2H3,(H,15,16)(H,17,18). The lowest BCUT2D eigenvalue weighted by molar-refractivity contribution is 0.0692. The average Bonchev–Trinajstić information content (AvgIpc) is 2.97. The number of aromatic nitrogens is 1. The minimum atomic E-state index is -1.13. The van der Waals surface area contributed by atoms with Crippen molar-refractivity contribution in [2.45, 2.75) is 12.7 Å². The fourth-order valence-corrected chi connectivity index (χ4v) is 2.20. The number of hydrogen-bond donors (Lipinski definition) is 3. The molecule has 106 valence electrons. The number of carbonyl (C=O) groups excluding carboxylic acids is 1. The molecule has 0 radical (unpaired) electrons. The molecule has 2 heterocycles. The van der Waals surface area contributed by atoms with Gasteiger partial charge < -0.3 is 19.8 Å². The van der Waals surface area contributed by atoms with Crippen molar-refractivity contribution in [1.82, 2.24) is 4.98 Å². The van der Waals surface area contributed by atoms with Crippen molar-refractivity contribution in [2.24, 2.45) is 0 Å². The quantitative estimate of drug-likeness (QED) is 0.788. The Bertz CT molecular complexity index is 645. The summed E-state index contributed by atoms with van der Waals surface area (Å²) in [5.41, 5.74) is 0.828. The van der Waals surface area contributed by atoms with Crippen LogP contribution in [0.25, 0.3) is 0 Å². The number of carbonyl (C=O) groups is 2. The van der Waals surface area contributed by atoms with Crippen molar-refractivity contribution < 1.29 is 19.1 Å². The number of carboxylic acids is 1. The number of nitrogens with one attached hydrogen (secondary N) is 2. The molecule has 2 aromatic rings. The van der Waals surface area contributed by atoms with Crippen molar-refractivity contribution >= 4 is 29.3 Å². The van der Waals surface area contributed by atoms with Crippen molar-refractivity contribution in [3.8, 4) is 0 Å². The van der Waals surface area contributed by atoms with E-state index in [1.54, 1.807) is 36.9 Å². The highest BCUT2D eigenvalue weighted by atomic mass is 32.2. The third kappa shape index (κ3) is 3.05. The van der Waals surface area contributed by atoms with Crippen LogP contribution in [0.4, 0.5) is 5.69 Å². The van der Waals surface area contributed by atoms with Gasteiger partial charge in [-0.1, -0.05) is 0 Å². The van der Waals surface area contributed by atoms with Gasteiger partial charge in [-0.2, -0.15) is 11.8 Å². The zero-order valence-electron chi connectivity index (χ0n) is 11.0. The molecule has 7 heteroatoms. The lowest BCUT2D eigenvalue weighted by Gasteiger charge is -2.02. The van der Waals surface area contributed by atoms with Crippen molar-refractivity contribution in [3.63, 3.8) is 0 Å². The zero-order valence-corrected chi connectivity index (χ0v) is 11.8. The van der Waals surface area contributed by atoms with E-state index in [1.165, 1.54) is 0 Å². The van der Waals surface area contributed by atoms with Gasteiger partial charge in [-0.05, 0) is 31.4 Å². The van der Waals surface area contributed by atoms with Gasteiger partial charge in [0.25, 0.3) is 5.91 Å². The zero-order chi connectivity index (χ0) is 14.7. The maximum Gasteiger partial charge on any atom is 0.354 e. The predicted octanol–water partition coefficient (Wildman–Crippen LogP) is 2.73. The number of thioether (sulfide) groups is 1. The van der Waals surface area contributed by atoms with Gasteiger partial charge in [-0.25, -0.2) is 4.79 Å². The Kier molecular flexibility index (Phi) is 4.19. The maximum absolute atomic E-state index is 12.0. The Morgan fingerprint density at radius 2 is 2.20 bits per heavy atom. The van der Waals surface area contributed by atoms with Gasteiger partial charge in [-0.15, -0.1) is 0 Å². The number of furan rings is 1. The van der Waals surface area contributed by atoms with Crippen LogP contribution in [0.5, 0.6) is 0 Å². The van der Waals surface area contributed by atoms with Gasteiger partial charge in [0.1, 0.15) is 11.5 Å². The Hall–Kier alpha value is -2.15. The van der Waals surface area contributed by atoms with Crippen LogP contribution in [0, 0.1) is 6.92 Å². The highest BCUT2D eigenvalue weighted by Crippen LogP contribution is 2.19. The third-order valence-corrected chi connectivity index (χ3v) is 3.16. The average molecular weight is 294 g/mol. The molecule has 0 atom stereocenters. The summed E-state index contributed by atoms with van der Waals surface area (Å²) in [7, 11) is 0. The van der Waals surface area contributed by atoms with E-state index >= 15 is 0 Å². The number of carboxylic acid groups (broad SMARTS) is 1. The second-order valence-electron chi connectivity index (χ2n) is 4.20. The molecule has 20 heavy (non-hydrogen) atoms. The summed E-state index contributed by atoms with van der Waals surface area (Å²) in [6, 6.07) is 4.86. The Balaban J connectivity index is 2.16. The number of rotatable bonds is 5. The number of aromatic amines is 1. The first-order valence-electron chi connectivity index (χ1n) is 5.83. The van der Waals surface area contributed by atoms with Gasteiger partial charge >= 0.3 is 5.97 Å². The summed E-state index contributed by atoms with van der Waals surface area (Å²) >= 11 is 1.59. The fraction of sp³-hybridized carbons (Fsp3) is 0.231. The second kappa shape index (κ2) is 5.87. The first-order chi connectivity index (χ1) is 9.51. The highest BCUT2D eigenvalue weighted by molar-refractivity contribution is 7.97. The molecule has 0 aliphatic heterocycles. The Morgan fingerprint density at radius 3 is 2.85 bits per heavy atom. The van der Waals surface area contributed by atoms with Crippen molar-refractivity contribution in [3.05, 3.63) is 41.1 Å². The molecule has 0 aromatic carbocycles. The lowest BCUT2D eigenvalue weighted by atomic mass is 10.3. The van der Waals surface area contributed by atoms with Crippen LogP contribution < -0.4 is 5.32 Å². The molecule has 6 nitrogen and oxygen atoms in total. The number of hydrogen-bond acceptors (Lipinski definition) is 4. The fourth-order valence-electron chi connectivity index (χ4n) is 1.76. The topological polar surface area (TPSA) is 95.3 Å². The van der Waals surface area contributed by atoms with Gasteiger partial charge in [-0.3, -0.25) is 4.79 Å². The molecule has 0 fully saturated rings. The first-order valence-corrected chi connectivity index (χ1v) is 7.22. The van der Waals surface area contributed by atoms with Gasteiger partial charge in [0, 0.05) is 5.69 Å². The summed E-state index contributed by atoms with van der Waals surface area (Å²) in [5, 5.41) is 11.6. The molecule has 0 aliphatic carbocycles. The second-order valence-corrected chi connectivity index (χ2v) is 5.07. The number of amides is 1. The van der Waals surface area contributed by atoms with Gasteiger partial charge in [0.2, 0.25) is 0 Å². The van der Waals surface area contributed by atoms with E-state index in [0.29, 0.717) is 17.2 Å². The molecule has 0 unspecified atom stereocenters. The monoisotopic (exact) mass is 294 g/mol. The molecule has 0 saturated carbocycles. The molecular formula is C13H14N2O4S. The van der Waals surface area contributed by atoms with Crippen LogP contribution in [-0.4, -0.2) is 28.2 Å². The van der Waals surface area contributed by atoms with E-state index in [-0.39, 0.29) is 17.1 Å². The summed E-state index contributed by atoms with van der Waals surface area (Å²) in [6.07, 6.45) is 1.93. The van der Waals surface area contributed by atoms with Gasteiger partial charge in [0.15, 0.2) is 5.76 Å². The summed E-state index contributed by atoms with van der Waals surface area (Å²) in [6.45, 7) is 1.71. The van der Waals surface area contributed by atoms with Crippen LogP contribution >= 0.6 is 11.8 Å². The minimum Gasteiger partial charge on any atom is -0.477 e. The number of aromatic carboxylic acids is 1. The maximum atomic E-state index is 12.0. The van der Waals surface area contributed by atoms with Crippen LogP contribution in [0.2, 0.25) is 0 Å². The van der Waals surface area contributed by atoms with E-state index < -0.39 is 11.9 Å². The SMILES string of the molecule is CSCc1ccc(C(=O)Nc2cc(C)[nH]c2C(=O)O)o1. The van der Waals surface area contributed by atoms with E-state index in [2.05, 4.69) is 10.3 Å². The van der Waals surface area contributed by atoms with Crippen LogP contribution in [0.1, 0.15) is 32.5 Å². The number of H-pyrrole nitrogens is 1. The Morgan fingerprint density at radius 1 is 1.45 bits per heavy atom. The molecule has 0 bridgehead atoms. The third-order valence-electron chi connectivity index (χ3n) is 2.59. The van der Waals surface area contributed by atoms with Crippen LogP contribution in [-0.2, 0) is 5.75 Å². The molecule has 2 aromatic heterocycles. The minimum absolute atomic E-state index is 0.0493. The number of anilines is 1. The Labute approximate surface area is 119 Å². The molecule has 3 N–H and O–H groups in total. The van der Waals surface area contributed by atoms with Crippen molar-refractivity contribution in [1.29, 1.82) is 0 Å². The molecular weight excluding hydrogens is 280 g/mol. The first kappa shape index (κ1) is 14.3. The van der Waals surface area contributed by atoms with E-state index in [4.69, 9.17) is 9.52 Å². The van der Waals surface area contributed by atoms with E-state index in [9.17, 15) is 9.59 Å². The van der Waals surface area contributed by atoms with Crippen LogP contribution in [0.15, 0.2) is 22.6 Å². The summed E-state index contributed by atoms with van der Waals surface area (Å²) in [5.74, 6) is -0.0675. The van der Waals surface area contributed by atoms with E-state index in [1.807, 2.05) is 6.26 Å². The van der Waals surface area contributed by atoms with Gasteiger partial charge in [0.05, 0.1) is 11.4 Å². The largest absolute Gasteiger partial charge is 0.477 e. The molecule has 0 aliphatic rings. The molecule has 1 amide bonds. The summed E-state index contributed by atoms with van der Waals surface area (Å²) < 4.78 is 5.37. The lowest BCUT2D eigenvalue weighted by Crippen LogP contribution is -2.13. The summed E-state index contributed by atoms with van der Waals surface area (Å²) in [4.78, 5) is 25.7.